The average Bonchev–Trinajstić information content (AvgIpc) is 2.25. The second kappa shape index (κ2) is 5.46. The van der Waals surface area contributed by atoms with E-state index in [0.717, 1.165) is 12.1 Å². The molecule has 0 aliphatic rings. The zero-order valence-corrected chi connectivity index (χ0v) is 9.60. The maximum absolute atomic E-state index is 11.2. The Bertz CT molecular complexity index is 379. The van der Waals surface area contributed by atoms with Crippen molar-refractivity contribution in [1.29, 1.82) is 0 Å². The molecule has 1 aromatic heterocycles. The van der Waals surface area contributed by atoms with Crippen LogP contribution in [0.25, 0.3) is 0 Å². The lowest BCUT2D eigenvalue weighted by Crippen LogP contribution is -2.29. The lowest BCUT2D eigenvalue weighted by Gasteiger charge is -2.22. The molecule has 0 unspecified atom stereocenters. The van der Waals surface area contributed by atoms with Crippen LogP contribution in [-0.2, 0) is 0 Å². The maximum atomic E-state index is 11.2. The van der Waals surface area contributed by atoms with Gasteiger partial charge in [-0.15, -0.1) is 0 Å². The molecular weight excluding hydrogens is 206 g/mol. The zero-order valence-electron chi connectivity index (χ0n) is 9.60. The minimum Gasteiger partial charge on any atom is -0.376 e. The Morgan fingerprint density at radius 1 is 1.56 bits per heavy atom. The van der Waals surface area contributed by atoms with Crippen LogP contribution >= 0.6 is 0 Å². The van der Waals surface area contributed by atoms with Crippen LogP contribution < -0.4 is 10.6 Å². The SMILES string of the molecule is CCCN(CO)c1nc(C)ccc1C(N)=O. The summed E-state index contributed by atoms with van der Waals surface area (Å²) in [6, 6.07) is 3.36. The molecule has 0 aromatic carbocycles. The fraction of sp³-hybridized carbons (Fsp3) is 0.455. The fourth-order valence-electron chi connectivity index (χ4n) is 1.49. The van der Waals surface area contributed by atoms with Gasteiger partial charge < -0.3 is 15.7 Å². The van der Waals surface area contributed by atoms with Gasteiger partial charge in [-0.05, 0) is 25.5 Å². The van der Waals surface area contributed by atoms with Crippen molar-refractivity contribution in [2.75, 3.05) is 18.2 Å². The number of aryl methyl sites for hydroxylation is 1. The smallest absolute Gasteiger partial charge is 0.252 e. The number of aliphatic hydroxyl groups excluding tert-OH is 1. The highest BCUT2D eigenvalue weighted by atomic mass is 16.3. The van der Waals surface area contributed by atoms with E-state index in [1.54, 1.807) is 17.0 Å². The number of carbonyl (C=O) groups is 1. The molecule has 0 atom stereocenters. The Kier molecular flexibility index (Phi) is 4.25. The van der Waals surface area contributed by atoms with Gasteiger partial charge in [0.25, 0.3) is 5.91 Å². The van der Waals surface area contributed by atoms with Gasteiger partial charge in [0, 0.05) is 12.2 Å². The van der Waals surface area contributed by atoms with E-state index < -0.39 is 5.91 Å². The number of amides is 1. The van der Waals surface area contributed by atoms with E-state index in [4.69, 9.17) is 5.73 Å². The molecule has 5 heteroatoms. The molecule has 1 rings (SSSR count). The molecule has 1 aromatic rings. The maximum Gasteiger partial charge on any atom is 0.252 e. The Balaban J connectivity index is 3.16. The number of carbonyl (C=O) groups excluding carboxylic acids is 1. The molecule has 16 heavy (non-hydrogen) atoms. The molecule has 3 N–H and O–H groups in total. The number of aromatic nitrogens is 1. The minimum atomic E-state index is -0.531. The highest BCUT2D eigenvalue weighted by molar-refractivity contribution is 5.97. The van der Waals surface area contributed by atoms with E-state index in [2.05, 4.69) is 4.98 Å². The molecule has 0 saturated heterocycles. The Morgan fingerprint density at radius 2 is 2.25 bits per heavy atom. The Morgan fingerprint density at radius 3 is 2.75 bits per heavy atom. The third kappa shape index (κ3) is 2.70. The molecule has 0 saturated carbocycles. The summed E-state index contributed by atoms with van der Waals surface area (Å²) in [7, 11) is 0. The van der Waals surface area contributed by atoms with Gasteiger partial charge in [0.05, 0.1) is 5.56 Å². The van der Waals surface area contributed by atoms with Crippen molar-refractivity contribution in [3.63, 3.8) is 0 Å². The van der Waals surface area contributed by atoms with Crippen LogP contribution in [0.15, 0.2) is 12.1 Å². The number of hydrogen-bond acceptors (Lipinski definition) is 4. The molecule has 0 bridgehead atoms. The summed E-state index contributed by atoms with van der Waals surface area (Å²) >= 11 is 0. The highest BCUT2D eigenvalue weighted by Gasteiger charge is 2.15. The average molecular weight is 223 g/mol. The van der Waals surface area contributed by atoms with E-state index in [1.807, 2.05) is 13.8 Å². The van der Waals surface area contributed by atoms with Crippen molar-refractivity contribution in [1.82, 2.24) is 4.98 Å². The van der Waals surface area contributed by atoms with Gasteiger partial charge in [0.15, 0.2) is 0 Å². The van der Waals surface area contributed by atoms with E-state index in [-0.39, 0.29) is 6.73 Å². The lowest BCUT2D eigenvalue weighted by atomic mass is 10.2. The number of pyridine rings is 1. The third-order valence-electron chi connectivity index (χ3n) is 2.24. The number of hydrogen-bond donors (Lipinski definition) is 2. The van der Waals surface area contributed by atoms with Crippen LogP contribution in [0, 0.1) is 6.92 Å². The van der Waals surface area contributed by atoms with Crippen molar-refractivity contribution in [2.45, 2.75) is 20.3 Å². The normalized spacial score (nSPS) is 10.2. The molecule has 0 aliphatic carbocycles. The second-order valence-electron chi connectivity index (χ2n) is 3.59. The molecular formula is C11H17N3O2. The van der Waals surface area contributed by atoms with E-state index in [0.29, 0.717) is 17.9 Å². The summed E-state index contributed by atoms with van der Waals surface area (Å²) in [5.74, 6) is -0.0751. The molecule has 0 radical (unpaired) electrons. The number of nitrogens with zero attached hydrogens (tertiary/aromatic N) is 2. The highest BCUT2D eigenvalue weighted by Crippen LogP contribution is 2.17. The summed E-state index contributed by atoms with van der Waals surface area (Å²) in [5.41, 5.74) is 6.39. The van der Waals surface area contributed by atoms with Crippen molar-refractivity contribution in [3.8, 4) is 0 Å². The van der Waals surface area contributed by atoms with E-state index in [1.165, 1.54) is 0 Å². The second-order valence-corrected chi connectivity index (χ2v) is 3.59. The van der Waals surface area contributed by atoms with Crippen LogP contribution in [0.3, 0.4) is 0 Å². The van der Waals surface area contributed by atoms with Gasteiger partial charge in [-0.1, -0.05) is 6.92 Å². The van der Waals surface area contributed by atoms with Gasteiger partial charge in [-0.25, -0.2) is 4.98 Å². The van der Waals surface area contributed by atoms with Crippen molar-refractivity contribution >= 4 is 11.7 Å². The third-order valence-corrected chi connectivity index (χ3v) is 2.24. The summed E-state index contributed by atoms with van der Waals surface area (Å²) in [5, 5.41) is 9.24. The summed E-state index contributed by atoms with van der Waals surface area (Å²) in [6.45, 7) is 4.27. The molecule has 0 spiro atoms. The Hall–Kier alpha value is -1.62. The van der Waals surface area contributed by atoms with Crippen LogP contribution in [0.2, 0.25) is 0 Å². The zero-order chi connectivity index (χ0) is 12.1. The first kappa shape index (κ1) is 12.4. The predicted octanol–water partition coefficient (Wildman–Crippen LogP) is 0.655. The first-order valence-corrected chi connectivity index (χ1v) is 5.23. The molecule has 1 amide bonds. The molecule has 88 valence electrons. The largest absolute Gasteiger partial charge is 0.376 e. The molecule has 1 heterocycles. The van der Waals surface area contributed by atoms with E-state index >= 15 is 0 Å². The first-order chi connectivity index (χ1) is 7.60. The Labute approximate surface area is 94.9 Å². The van der Waals surface area contributed by atoms with Crippen molar-refractivity contribution in [2.24, 2.45) is 5.73 Å². The number of aliphatic hydroxyl groups is 1. The van der Waals surface area contributed by atoms with Gasteiger partial charge in [0.2, 0.25) is 0 Å². The standard InChI is InChI=1S/C11H17N3O2/c1-3-6-14(7-15)11-9(10(12)16)5-4-8(2)13-11/h4-5,15H,3,6-7H2,1-2H3,(H2,12,16). The van der Waals surface area contributed by atoms with Crippen LogP contribution in [0.4, 0.5) is 5.82 Å². The first-order valence-electron chi connectivity index (χ1n) is 5.23. The van der Waals surface area contributed by atoms with Gasteiger partial charge in [-0.3, -0.25) is 4.79 Å². The summed E-state index contributed by atoms with van der Waals surface area (Å²) in [4.78, 5) is 17.1. The van der Waals surface area contributed by atoms with Crippen molar-refractivity contribution < 1.29 is 9.90 Å². The van der Waals surface area contributed by atoms with Gasteiger partial charge in [0.1, 0.15) is 12.5 Å². The lowest BCUT2D eigenvalue weighted by molar-refractivity contribution is 0.1000. The van der Waals surface area contributed by atoms with Gasteiger partial charge >= 0.3 is 0 Å². The fourth-order valence-corrected chi connectivity index (χ4v) is 1.49. The quantitative estimate of drug-likeness (QED) is 0.718. The number of primary amides is 1. The topological polar surface area (TPSA) is 79.4 Å². The minimum absolute atomic E-state index is 0.176. The predicted molar refractivity (Wildman–Crippen MR) is 62.2 cm³/mol. The monoisotopic (exact) mass is 223 g/mol. The molecule has 0 aliphatic heterocycles. The molecule has 5 nitrogen and oxygen atoms in total. The van der Waals surface area contributed by atoms with Crippen LogP contribution in [-0.4, -0.2) is 29.3 Å². The molecule has 0 fully saturated rings. The van der Waals surface area contributed by atoms with E-state index in [9.17, 15) is 9.90 Å². The number of anilines is 1. The van der Waals surface area contributed by atoms with Crippen molar-refractivity contribution in [3.05, 3.63) is 23.4 Å². The summed E-state index contributed by atoms with van der Waals surface area (Å²) < 4.78 is 0. The van der Waals surface area contributed by atoms with Crippen LogP contribution in [0.5, 0.6) is 0 Å². The van der Waals surface area contributed by atoms with Gasteiger partial charge in [-0.2, -0.15) is 0 Å². The number of rotatable bonds is 5. The van der Waals surface area contributed by atoms with Crippen LogP contribution in [0.1, 0.15) is 29.4 Å². The number of nitrogens with two attached hydrogens (primary N) is 1. The summed E-state index contributed by atoms with van der Waals surface area (Å²) in [6.07, 6.45) is 0.856.